The van der Waals surface area contributed by atoms with Gasteiger partial charge in [0.2, 0.25) is 0 Å². The Morgan fingerprint density at radius 3 is 2.11 bits per heavy atom. The van der Waals surface area contributed by atoms with Gasteiger partial charge in [0, 0.05) is 23.0 Å². The lowest BCUT2D eigenvalue weighted by atomic mass is 10.1. The molecule has 2 rings (SSSR count). The van der Waals surface area contributed by atoms with Crippen LogP contribution >= 0.6 is 15.9 Å². The normalized spacial score (nSPS) is 10.6. The molecule has 0 aliphatic rings. The van der Waals surface area contributed by atoms with E-state index in [2.05, 4.69) is 76.2 Å². The lowest BCUT2D eigenvalue weighted by molar-refractivity contribution is -0.697. The number of unbranched alkanes of at least 4 members (excludes halogenated alkanes) is 2. The molecule has 2 heteroatoms. The van der Waals surface area contributed by atoms with Crippen LogP contribution in [0, 0.1) is 0 Å². The van der Waals surface area contributed by atoms with Gasteiger partial charge in [-0.05, 0) is 29.7 Å². The molecule has 0 saturated carbocycles. The van der Waals surface area contributed by atoms with Crippen molar-refractivity contribution in [2.75, 3.05) is 0 Å². The van der Waals surface area contributed by atoms with Gasteiger partial charge in [0.05, 0.1) is 0 Å². The summed E-state index contributed by atoms with van der Waals surface area (Å²) in [5.41, 5.74) is 2.54. The Labute approximate surface area is 118 Å². The van der Waals surface area contributed by atoms with E-state index in [1.165, 1.54) is 30.4 Å². The van der Waals surface area contributed by atoms with Crippen LogP contribution < -0.4 is 4.57 Å². The average molecular weight is 305 g/mol. The van der Waals surface area contributed by atoms with Gasteiger partial charge in [-0.15, -0.1) is 0 Å². The third-order valence-corrected chi connectivity index (χ3v) is 3.62. The molecule has 18 heavy (non-hydrogen) atoms. The highest BCUT2D eigenvalue weighted by molar-refractivity contribution is 9.10. The highest BCUT2D eigenvalue weighted by Crippen LogP contribution is 2.20. The second-order valence-corrected chi connectivity index (χ2v) is 5.45. The van der Waals surface area contributed by atoms with Gasteiger partial charge in [-0.2, -0.15) is 0 Å². The molecule has 1 nitrogen and oxygen atoms in total. The molecule has 0 bridgehead atoms. The summed E-state index contributed by atoms with van der Waals surface area (Å²) in [5, 5.41) is 0. The minimum absolute atomic E-state index is 1.12. The molecule has 0 amide bonds. The largest absolute Gasteiger partial charge is 0.205 e. The van der Waals surface area contributed by atoms with Gasteiger partial charge in [-0.25, -0.2) is 4.57 Å². The number of nitrogens with zero attached hydrogens (tertiary/aromatic N) is 1. The van der Waals surface area contributed by atoms with Crippen molar-refractivity contribution < 1.29 is 4.57 Å². The number of hydrogen-bond donors (Lipinski definition) is 0. The molecule has 0 radical (unpaired) electrons. The molecule has 94 valence electrons. The van der Waals surface area contributed by atoms with Crippen molar-refractivity contribution in [3.63, 3.8) is 0 Å². The van der Waals surface area contributed by atoms with Crippen molar-refractivity contribution in [3.8, 4) is 11.1 Å². The van der Waals surface area contributed by atoms with Crippen LogP contribution in [0.4, 0.5) is 0 Å². The van der Waals surface area contributed by atoms with E-state index in [1.54, 1.807) is 0 Å². The third-order valence-electron chi connectivity index (χ3n) is 3.09. The van der Waals surface area contributed by atoms with Crippen LogP contribution in [0.25, 0.3) is 11.1 Å². The van der Waals surface area contributed by atoms with Crippen molar-refractivity contribution in [2.45, 2.75) is 32.7 Å². The number of benzene rings is 1. The minimum Gasteiger partial charge on any atom is -0.205 e. The first-order valence-electron chi connectivity index (χ1n) is 6.54. The number of hydrogen-bond acceptors (Lipinski definition) is 0. The van der Waals surface area contributed by atoms with Gasteiger partial charge in [0.25, 0.3) is 0 Å². The highest BCUT2D eigenvalue weighted by atomic mass is 79.9. The zero-order chi connectivity index (χ0) is 12.8. The Hall–Kier alpha value is -1.15. The average Bonchev–Trinajstić information content (AvgIpc) is 2.41. The van der Waals surface area contributed by atoms with Gasteiger partial charge in [-0.3, -0.25) is 0 Å². The van der Waals surface area contributed by atoms with E-state index in [1.807, 2.05) is 0 Å². The second kappa shape index (κ2) is 6.69. The molecule has 0 N–H and O–H groups in total. The molecule has 0 spiro atoms. The Kier molecular flexibility index (Phi) is 4.94. The topological polar surface area (TPSA) is 3.88 Å². The maximum atomic E-state index is 3.46. The summed E-state index contributed by atoms with van der Waals surface area (Å²) in [4.78, 5) is 0. The Balaban J connectivity index is 2.05. The van der Waals surface area contributed by atoms with Crippen LogP contribution in [0.2, 0.25) is 0 Å². The predicted molar refractivity (Wildman–Crippen MR) is 79.3 cm³/mol. The molecule has 0 unspecified atom stereocenters. The number of rotatable bonds is 5. The molecule has 1 aromatic heterocycles. The molecule has 0 fully saturated rings. The summed E-state index contributed by atoms with van der Waals surface area (Å²) in [6.07, 6.45) is 8.19. The lowest BCUT2D eigenvalue weighted by Crippen LogP contribution is -2.32. The molecular formula is C16H19BrN+. The quantitative estimate of drug-likeness (QED) is 0.562. The van der Waals surface area contributed by atoms with Crippen LogP contribution in [0.1, 0.15) is 26.2 Å². The van der Waals surface area contributed by atoms with E-state index >= 15 is 0 Å². The van der Waals surface area contributed by atoms with Crippen LogP contribution in [-0.4, -0.2) is 0 Å². The first-order chi connectivity index (χ1) is 8.79. The van der Waals surface area contributed by atoms with Crippen LogP contribution in [-0.2, 0) is 6.54 Å². The van der Waals surface area contributed by atoms with Crippen molar-refractivity contribution in [1.82, 2.24) is 0 Å². The van der Waals surface area contributed by atoms with E-state index in [4.69, 9.17) is 0 Å². The van der Waals surface area contributed by atoms with E-state index < -0.39 is 0 Å². The van der Waals surface area contributed by atoms with Crippen molar-refractivity contribution >= 4 is 15.9 Å². The monoisotopic (exact) mass is 304 g/mol. The minimum atomic E-state index is 1.12. The summed E-state index contributed by atoms with van der Waals surface area (Å²) in [7, 11) is 0. The Morgan fingerprint density at radius 2 is 1.50 bits per heavy atom. The van der Waals surface area contributed by atoms with Crippen LogP contribution in [0.3, 0.4) is 0 Å². The molecule has 1 heterocycles. The van der Waals surface area contributed by atoms with E-state index in [-0.39, 0.29) is 0 Å². The van der Waals surface area contributed by atoms with Crippen molar-refractivity contribution in [2.24, 2.45) is 0 Å². The number of pyridine rings is 1. The van der Waals surface area contributed by atoms with Crippen LogP contribution in [0.15, 0.2) is 53.3 Å². The zero-order valence-corrected chi connectivity index (χ0v) is 12.4. The van der Waals surface area contributed by atoms with Gasteiger partial charge in [-0.1, -0.05) is 41.4 Å². The van der Waals surface area contributed by atoms with Gasteiger partial charge in [0.15, 0.2) is 12.4 Å². The van der Waals surface area contributed by atoms with Crippen molar-refractivity contribution in [1.29, 1.82) is 0 Å². The number of aromatic nitrogens is 1. The molecule has 1 aromatic carbocycles. The number of halogens is 1. The lowest BCUT2D eigenvalue weighted by Gasteiger charge is -2.01. The second-order valence-electron chi connectivity index (χ2n) is 4.54. The summed E-state index contributed by atoms with van der Waals surface area (Å²) in [6, 6.07) is 12.8. The fourth-order valence-electron chi connectivity index (χ4n) is 1.99. The van der Waals surface area contributed by atoms with Crippen LogP contribution in [0.5, 0.6) is 0 Å². The first-order valence-corrected chi connectivity index (χ1v) is 7.34. The smallest absolute Gasteiger partial charge is 0.169 e. The predicted octanol–water partition coefficient (Wildman–Crippen LogP) is 4.59. The zero-order valence-electron chi connectivity index (χ0n) is 10.8. The molecule has 0 saturated heterocycles. The third kappa shape index (κ3) is 3.67. The molecule has 2 aromatic rings. The summed E-state index contributed by atoms with van der Waals surface area (Å²) in [6.45, 7) is 3.36. The molecule has 0 atom stereocenters. The van der Waals surface area contributed by atoms with Gasteiger partial charge >= 0.3 is 0 Å². The van der Waals surface area contributed by atoms with E-state index in [0.29, 0.717) is 0 Å². The Morgan fingerprint density at radius 1 is 0.889 bits per heavy atom. The standard InChI is InChI=1S/C16H19BrN/c1-2-3-4-11-18-12-9-15(10-13-18)14-5-7-16(17)8-6-14/h5-10,12-13H,2-4,11H2,1H3/q+1. The molecular weight excluding hydrogens is 286 g/mol. The van der Waals surface area contributed by atoms with E-state index in [9.17, 15) is 0 Å². The maximum Gasteiger partial charge on any atom is 0.169 e. The summed E-state index contributed by atoms with van der Waals surface area (Å²) in [5.74, 6) is 0. The van der Waals surface area contributed by atoms with E-state index in [0.717, 1.165) is 11.0 Å². The Bertz CT molecular complexity index is 473. The van der Waals surface area contributed by atoms with Crippen molar-refractivity contribution in [3.05, 3.63) is 53.3 Å². The maximum absolute atomic E-state index is 3.46. The first kappa shape index (κ1) is 13.3. The van der Waals surface area contributed by atoms with Gasteiger partial charge in [0.1, 0.15) is 6.54 Å². The SMILES string of the molecule is CCCCC[n+]1ccc(-c2ccc(Br)cc2)cc1. The summed E-state index contributed by atoms with van der Waals surface area (Å²) < 4.78 is 3.38. The fourth-order valence-corrected chi connectivity index (χ4v) is 2.25. The van der Waals surface area contributed by atoms with Gasteiger partial charge < -0.3 is 0 Å². The molecule has 0 aliphatic heterocycles. The molecule has 0 aliphatic carbocycles. The highest BCUT2D eigenvalue weighted by Gasteiger charge is 2.02. The fraction of sp³-hybridized carbons (Fsp3) is 0.312. The number of aryl methyl sites for hydroxylation is 1. The summed E-state index contributed by atoms with van der Waals surface area (Å²) >= 11 is 3.46.